The number of halogens is 2. The Bertz CT molecular complexity index is 439. The highest BCUT2D eigenvalue weighted by Gasteiger charge is 2.20. The zero-order valence-electron chi connectivity index (χ0n) is 12.4. The second-order valence-corrected chi connectivity index (χ2v) is 6.57. The molecule has 1 fully saturated rings. The Hall–Kier alpha value is -0.510. The van der Waals surface area contributed by atoms with E-state index in [2.05, 4.69) is 29.0 Å². The van der Waals surface area contributed by atoms with Crippen LogP contribution in [0.1, 0.15) is 38.7 Å². The lowest BCUT2D eigenvalue weighted by molar-refractivity contribution is 0.230. The van der Waals surface area contributed by atoms with Crippen LogP contribution in [0.15, 0.2) is 6.07 Å². The van der Waals surface area contributed by atoms with Gasteiger partial charge in [0.1, 0.15) is 5.15 Å². The molecule has 1 aromatic rings. The molecular weight excluding hydrogens is 293 g/mol. The molecule has 1 aliphatic rings. The van der Waals surface area contributed by atoms with Gasteiger partial charge in [0.25, 0.3) is 0 Å². The van der Waals surface area contributed by atoms with Crippen molar-refractivity contribution in [3.05, 3.63) is 21.9 Å². The number of nitrogens with one attached hydrogen (secondary N) is 1. The van der Waals surface area contributed by atoms with Crippen LogP contribution in [0.25, 0.3) is 0 Å². The van der Waals surface area contributed by atoms with E-state index in [1.165, 1.54) is 19.4 Å². The van der Waals surface area contributed by atoms with Crippen molar-refractivity contribution in [2.45, 2.75) is 52.1 Å². The first-order valence-electron chi connectivity index (χ1n) is 7.30. The molecule has 0 radical (unpaired) electrons. The van der Waals surface area contributed by atoms with Gasteiger partial charge >= 0.3 is 0 Å². The first kappa shape index (κ1) is 15.9. The van der Waals surface area contributed by atoms with E-state index in [9.17, 15) is 0 Å². The third kappa shape index (κ3) is 4.00. The molecule has 0 aliphatic carbocycles. The van der Waals surface area contributed by atoms with Crippen molar-refractivity contribution in [3.8, 4) is 0 Å². The van der Waals surface area contributed by atoms with Crippen LogP contribution in [0, 0.1) is 6.92 Å². The Kier molecular flexibility index (Phi) is 5.53. The molecule has 1 saturated heterocycles. The number of anilines is 1. The zero-order valence-corrected chi connectivity index (χ0v) is 13.9. The SMILES string of the molecule is Cc1cc(Cl)nc(Cl)c1NC1CCCN(C(C)C)CC1. The molecule has 0 aromatic carbocycles. The van der Waals surface area contributed by atoms with Crippen LogP contribution in [0.5, 0.6) is 0 Å². The van der Waals surface area contributed by atoms with E-state index in [1.807, 2.05) is 13.0 Å². The maximum Gasteiger partial charge on any atom is 0.154 e. The number of rotatable bonds is 3. The second kappa shape index (κ2) is 6.97. The van der Waals surface area contributed by atoms with Crippen molar-refractivity contribution < 1.29 is 0 Å². The number of aromatic nitrogens is 1. The summed E-state index contributed by atoms with van der Waals surface area (Å²) >= 11 is 12.1. The minimum Gasteiger partial charge on any atom is -0.380 e. The van der Waals surface area contributed by atoms with Gasteiger partial charge in [-0.1, -0.05) is 23.2 Å². The minimum absolute atomic E-state index is 0.449. The van der Waals surface area contributed by atoms with Crippen LogP contribution in [0.4, 0.5) is 5.69 Å². The maximum absolute atomic E-state index is 6.21. The smallest absolute Gasteiger partial charge is 0.154 e. The van der Waals surface area contributed by atoms with Crippen molar-refractivity contribution in [3.63, 3.8) is 0 Å². The van der Waals surface area contributed by atoms with E-state index in [0.717, 1.165) is 24.2 Å². The van der Waals surface area contributed by atoms with Gasteiger partial charge in [0.05, 0.1) is 5.69 Å². The molecule has 1 aromatic heterocycles. The molecule has 1 atom stereocenters. The Morgan fingerprint density at radius 2 is 2.05 bits per heavy atom. The van der Waals surface area contributed by atoms with Gasteiger partial charge in [-0.3, -0.25) is 0 Å². The molecule has 3 nitrogen and oxygen atoms in total. The van der Waals surface area contributed by atoms with Crippen molar-refractivity contribution >= 4 is 28.9 Å². The molecule has 0 saturated carbocycles. The van der Waals surface area contributed by atoms with Crippen molar-refractivity contribution in [2.24, 2.45) is 0 Å². The van der Waals surface area contributed by atoms with E-state index < -0.39 is 0 Å². The summed E-state index contributed by atoms with van der Waals surface area (Å²) in [5.74, 6) is 0. The molecule has 1 aliphatic heterocycles. The quantitative estimate of drug-likeness (QED) is 0.839. The predicted molar refractivity (Wildman–Crippen MR) is 87.0 cm³/mol. The lowest BCUT2D eigenvalue weighted by Crippen LogP contribution is -2.32. The fraction of sp³-hybridized carbons (Fsp3) is 0.667. The summed E-state index contributed by atoms with van der Waals surface area (Å²) in [7, 11) is 0. The molecule has 112 valence electrons. The summed E-state index contributed by atoms with van der Waals surface area (Å²) in [6, 6.07) is 2.93. The molecule has 1 unspecified atom stereocenters. The average Bonchev–Trinajstić information content (AvgIpc) is 2.59. The van der Waals surface area contributed by atoms with Crippen LogP contribution >= 0.6 is 23.2 Å². The summed E-state index contributed by atoms with van der Waals surface area (Å²) in [6.45, 7) is 8.85. The number of nitrogens with zero attached hydrogens (tertiary/aromatic N) is 2. The summed E-state index contributed by atoms with van der Waals surface area (Å²) in [5, 5.41) is 4.49. The third-order valence-electron chi connectivity index (χ3n) is 3.98. The standard InChI is InChI=1S/C15H23Cl2N3/c1-10(2)20-7-4-5-12(6-8-20)18-14-11(3)9-13(16)19-15(14)17/h9-10,12,18H,4-8H2,1-3H3. The number of hydrogen-bond acceptors (Lipinski definition) is 3. The Balaban J connectivity index is 2.04. The minimum atomic E-state index is 0.449. The summed E-state index contributed by atoms with van der Waals surface area (Å²) in [4.78, 5) is 6.66. The van der Waals surface area contributed by atoms with Gasteiger partial charge in [0, 0.05) is 18.6 Å². The second-order valence-electron chi connectivity index (χ2n) is 5.83. The lowest BCUT2D eigenvalue weighted by Gasteiger charge is -2.24. The van der Waals surface area contributed by atoms with Crippen LogP contribution in [-0.4, -0.2) is 35.1 Å². The number of hydrogen-bond donors (Lipinski definition) is 1. The highest BCUT2D eigenvalue weighted by Crippen LogP contribution is 2.28. The van der Waals surface area contributed by atoms with Gasteiger partial charge in [0.2, 0.25) is 0 Å². The van der Waals surface area contributed by atoms with E-state index in [4.69, 9.17) is 23.2 Å². The van der Waals surface area contributed by atoms with Gasteiger partial charge < -0.3 is 10.2 Å². The van der Waals surface area contributed by atoms with Crippen molar-refractivity contribution in [2.75, 3.05) is 18.4 Å². The van der Waals surface area contributed by atoms with Gasteiger partial charge in [-0.05, 0) is 58.2 Å². The molecule has 2 rings (SSSR count). The number of aryl methyl sites for hydroxylation is 1. The van der Waals surface area contributed by atoms with E-state index in [1.54, 1.807) is 0 Å². The Morgan fingerprint density at radius 3 is 2.70 bits per heavy atom. The fourth-order valence-corrected chi connectivity index (χ4v) is 3.34. The van der Waals surface area contributed by atoms with Crippen molar-refractivity contribution in [1.29, 1.82) is 0 Å². The van der Waals surface area contributed by atoms with Crippen LogP contribution < -0.4 is 5.32 Å². The molecule has 1 N–H and O–H groups in total. The first-order chi connectivity index (χ1) is 9.47. The van der Waals surface area contributed by atoms with Crippen LogP contribution in [-0.2, 0) is 0 Å². The monoisotopic (exact) mass is 315 g/mol. The fourth-order valence-electron chi connectivity index (χ4n) is 2.75. The predicted octanol–water partition coefficient (Wildman–Crippen LogP) is 4.37. The largest absolute Gasteiger partial charge is 0.380 e. The Morgan fingerprint density at radius 1 is 1.30 bits per heavy atom. The van der Waals surface area contributed by atoms with E-state index >= 15 is 0 Å². The number of likely N-dealkylation sites (tertiary alicyclic amines) is 1. The van der Waals surface area contributed by atoms with Gasteiger partial charge in [0.15, 0.2) is 5.15 Å². The van der Waals surface area contributed by atoms with Gasteiger partial charge in [-0.25, -0.2) is 4.98 Å². The van der Waals surface area contributed by atoms with E-state index in [-0.39, 0.29) is 0 Å². The highest BCUT2D eigenvalue weighted by molar-refractivity contribution is 6.34. The molecule has 0 bridgehead atoms. The van der Waals surface area contributed by atoms with Crippen LogP contribution in [0.3, 0.4) is 0 Å². The summed E-state index contributed by atoms with van der Waals surface area (Å²) < 4.78 is 0. The highest BCUT2D eigenvalue weighted by atomic mass is 35.5. The Labute approximate surface area is 131 Å². The molecule has 20 heavy (non-hydrogen) atoms. The molecule has 0 spiro atoms. The first-order valence-corrected chi connectivity index (χ1v) is 8.06. The van der Waals surface area contributed by atoms with Gasteiger partial charge in [-0.15, -0.1) is 0 Å². The van der Waals surface area contributed by atoms with Crippen molar-refractivity contribution in [1.82, 2.24) is 9.88 Å². The van der Waals surface area contributed by atoms with E-state index in [0.29, 0.717) is 22.4 Å². The molecule has 5 heteroatoms. The zero-order chi connectivity index (χ0) is 14.7. The lowest BCUT2D eigenvalue weighted by atomic mass is 10.1. The number of pyridine rings is 1. The molecule has 0 amide bonds. The van der Waals surface area contributed by atoms with Gasteiger partial charge in [-0.2, -0.15) is 0 Å². The normalized spacial score (nSPS) is 21.0. The summed E-state index contributed by atoms with van der Waals surface area (Å²) in [6.07, 6.45) is 3.52. The third-order valence-corrected chi connectivity index (χ3v) is 4.45. The maximum atomic E-state index is 6.21. The topological polar surface area (TPSA) is 28.2 Å². The average molecular weight is 316 g/mol. The van der Waals surface area contributed by atoms with Crippen LogP contribution in [0.2, 0.25) is 10.3 Å². The summed E-state index contributed by atoms with van der Waals surface area (Å²) in [5.41, 5.74) is 1.99. The molecular formula is C15H23Cl2N3. The molecule has 2 heterocycles.